The van der Waals surface area contributed by atoms with Crippen molar-refractivity contribution in [3.63, 3.8) is 0 Å². The Morgan fingerprint density at radius 1 is 1.22 bits per heavy atom. The zero-order valence-electron chi connectivity index (χ0n) is 15.3. The van der Waals surface area contributed by atoms with E-state index in [-0.39, 0.29) is 5.91 Å². The lowest BCUT2D eigenvalue weighted by atomic mass is 9.82. The number of anilines is 1. The minimum absolute atomic E-state index is 0.0804. The number of nitrogens with zero attached hydrogens (tertiary/aromatic N) is 2. The van der Waals surface area contributed by atoms with Gasteiger partial charge in [-0.15, -0.1) is 0 Å². The molecule has 27 heavy (non-hydrogen) atoms. The first-order valence-electron chi connectivity index (χ1n) is 9.14. The molecule has 2 aliphatic heterocycles. The van der Waals surface area contributed by atoms with Crippen LogP contribution < -0.4 is 10.2 Å². The molecule has 1 unspecified atom stereocenters. The summed E-state index contributed by atoms with van der Waals surface area (Å²) in [6.45, 7) is 1.31. The highest BCUT2D eigenvalue weighted by atomic mass is 79.9. The van der Waals surface area contributed by atoms with Crippen LogP contribution in [0.1, 0.15) is 16.8 Å². The van der Waals surface area contributed by atoms with Gasteiger partial charge in [0.05, 0.1) is 18.1 Å². The second-order valence-corrected chi connectivity index (χ2v) is 8.48. The number of aromatic nitrogens is 1. The minimum atomic E-state index is -0.859. The van der Waals surface area contributed by atoms with E-state index in [0.717, 1.165) is 39.9 Å². The predicted molar refractivity (Wildman–Crippen MR) is 111 cm³/mol. The number of carbonyl (C=O) groups is 1. The van der Waals surface area contributed by atoms with Crippen molar-refractivity contribution in [2.45, 2.75) is 12.0 Å². The van der Waals surface area contributed by atoms with E-state index in [0.29, 0.717) is 6.67 Å². The van der Waals surface area contributed by atoms with Crippen LogP contribution in [0.5, 0.6) is 0 Å². The van der Waals surface area contributed by atoms with Crippen molar-refractivity contribution in [1.29, 1.82) is 0 Å². The van der Waals surface area contributed by atoms with Gasteiger partial charge in [0.15, 0.2) is 5.54 Å². The highest BCUT2D eigenvalue weighted by Gasteiger charge is 2.55. The van der Waals surface area contributed by atoms with Crippen molar-refractivity contribution < 1.29 is 4.79 Å². The van der Waals surface area contributed by atoms with Crippen LogP contribution in [0.2, 0.25) is 0 Å². The minimum Gasteiger partial charge on any atom is -0.356 e. The Labute approximate surface area is 166 Å². The Kier molecular flexibility index (Phi) is 3.73. The van der Waals surface area contributed by atoms with Crippen LogP contribution in [0.3, 0.4) is 0 Å². The van der Waals surface area contributed by atoms with Crippen LogP contribution in [0.4, 0.5) is 5.69 Å². The first-order chi connectivity index (χ1) is 13.0. The number of hydrogen-bond donors (Lipinski definition) is 2. The fourth-order valence-electron chi connectivity index (χ4n) is 4.55. The first kappa shape index (κ1) is 17.0. The van der Waals surface area contributed by atoms with Gasteiger partial charge in [-0.2, -0.15) is 0 Å². The molecule has 5 nitrogen and oxygen atoms in total. The Bertz CT molecular complexity index is 1070. The smallest absolute Gasteiger partial charge is 0.259 e. The topological polar surface area (TPSA) is 51.4 Å². The molecular weight excluding hydrogens is 404 g/mol. The third-order valence-electron chi connectivity index (χ3n) is 5.60. The molecule has 0 aliphatic carbocycles. The van der Waals surface area contributed by atoms with E-state index in [2.05, 4.69) is 50.5 Å². The van der Waals surface area contributed by atoms with E-state index in [1.54, 1.807) is 0 Å². The molecule has 2 N–H and O–H groups in total. The molecule has 6 heteroatoms. The summed E-state index contributed by atoms with van der Waals surface area (Å²) in [6, 6.07) is 14.4. The molecule has 1 amide bonds. The number of amides is 1. The van der Waals surface area contributed by atoms with Crippen molar-refractivity contribution in [2.24, 2.45) is 0 Å². The molecule has 0 saturated heterocycles. The monoisotopic (exact) mass is 424 g/mol. The van der Waals surface area contributed by atoms with Crippen LogP contribution in [0.25, 0.3) is 10.9 Å². The summed E-state index contributed by atoms with van der Waals surface area (Å²) >= 11 is 3.60. The summed E-state index contributed by atoms with van der Waals surface area (Å²) in [5, 5.41) is 4.80. The summed E-state index contributed by atoms with van der Waals surface area (Å²) in [4.78, 5) is 21.3. The molecule has 0 radical (unpaired) electrons. The van der Waals surface area contributed by atoms with Crippen molar-refractivity contribution in [3.8, 4) is 0 Å². The first-order valence-corrected chi connectivity index (χ1v) is 9.93. The average Bonchev–Trinajstić information content (AvgIpc) is 3.13. The van der Waals surface area contributed by atoms with Gasteiger partial charge in [0.1, 0.15) is 0 Å². The zero-order chi connectivity index (χ0) is 18.8. The average molecular weight is 425 g/mol. The van der Waals surface area contributed by atoms with Crippen molar-refractivity contribution in [2.75, 3.05) is 32.2 Å². The van der Waals surface area contributed by atoms with Gasteiger partial charge in [-0.3, -0.25) is 19.9 Å². The van der Waals surface area contributed by atoms with Crippen LogP contribution in [-0.2, 0) is 16.8 Å². The summed E-state index contributed by atoms with van der Waals surface area (Å²) in [6.07, 6.45) is 0.908. The van der Waals surface area contributed by atoms with Crippen LogP contribution in [0.15, 0.2) is 46.9 Å². The molecule has 138 valence electrons. The molecule has 3 heterocycles. The number of para-hydroxylation sites is 1. The van der Waals surface area contributed by atoms with Gasteiger partial charge in [0, 0.05) is 27.5 Å². The van der Waals surface area contributed by atoms with Crippen molar-refractivity contribution >= 4 is 38.4 Å². The quantitative estimate of drug-likeness (QED) is 0.663. The normalized spacial score (nSPS) is 21.3. The van der Waals surface area contributed by atoms with Crippen molar-refractivity contribution in [1.82, 2.24) is 15.2 Å². The number of aromatic amines is 1. The van der Waals surface area contributed by atoms with Gasteiger partial charge in [0.2, 0.25) is 0 Å². The number of fused-ring (bicyclic) bond motifs is 6. The summed E-state index contributed by atoms with van der Waals surface area (Å²) in [5.74, 6) is 0.0804. The Balaban J connectivity index is 1.81. The van der Waals surface area contributed by atoms with Crippen LogP contribution in [-0.4, -0.2) is 43.1 Å². The fraction of sp³-hybridized carbons (Fsp3) is 0.286. The number of H-pyrrole nitrogens is 1. The lowest BCUT2D eigenvalue weighted by Crippen LogP contribution is -2.55. The molecular formula is C21H21BrN4O. The molecule has 0 fully saturated rings. The van der Waals surface area contributed by atoms with Crippen LogP contribution in [0, 0.1) is 0 Å². The summed E-state index contributed by atoms with van der Waals surface area (Å²) in [7, 11) is 3.97. The molecule has 0 saturated carbocycles. The van der Waals surface area contributed by atoms with E-state index in [1.807, 2.05) is 42.1 Å². The third-order valence-corrected chi connectivity index (χ3v) is 6.09. The molecule has 0 bridgehead atoms. The van der Waals surface area contributed by atoms with Gasteiger partial charge in [-0.25, -0.2) is 0 Å². The number of carbonyl (C=O) groups excluding carboxylic acids is 1. The van der Waals surface area contributed by atoms with E-state index in [4.69, 9.17) is 0 Å². The maximum absolute atomic E-state index is 13.8. The van der Waals surface area contributed by atoms with Crippen molar-refractivity contribution in [3.05, 3.63) is 63.8 Å². The maximum Gasteiger partial charge on any atom is 0.259 e. The van der Waals surface area contributed by atoms with Gasteiger partial charge in [0.25, 0.3) is 5.91 Å². The number of benzene rings is 2. The molecule has 1 aromatic heterocycles. The zero-order valence-corrected chi connectivity index (χ0v) is 16.9. The number of halogens is 1. The van der Waals surface area contributed by atoms with Gasteiger partial charge >= 0.3 is 0 Å². The largest absolute Gasteiger partial charge is 0.356 e. The number of nitrogens with one attached hydrogen (secondary N) is 2. The summed E-state index contributed by atoms with van der Waals surface area (Å²) in [5.41, 5.74) is 4.44. The number of rotatable bonds is 2. The second kappa shape index (κ2) is 5.92. The van der Waals surface area contributed by atoms with Gasteiger partial charge in [-0.1, -0.05) is 34.1 Å². The molecule has 5 rings (SSSR count). The van der Waals surface area contributed by atoms with E-state index in [1.165, 1.54) is 10.9 Å². The predicted octanol–water partition coefficient (Wildman–Crippen LogP) is 3.19. The third kappa shape index (κ3) is 2.27. The lowest BCUT2D eigenvalue weighted by Gasteiger charge is -2.34. The molecule has 1 atom stereocenters. The molecule has 2 aliphatic rings. The lowest BCUT2D eigenvalue weighted by molar-refractivity contribution is -0.123. The van der Waals surface area contributed by atoms with E-state index in [9.17, 15) is 4.79 Å². The number of hydrogen-bond acceptors (Lipinski definition) is 3. The van der Waals surface area contributed by atoms with E-state index < -0.39 is 5.54 Å². The Morgan fingerprint density at radius 2 is 2.04 bits per heavy atom. The van der Waals surface area contributed by atoms with Gasteiger partial charge in [-0.05, 0) is 50.3 Å². The second-order valence-electron chi connectivity index (χ2n) is 7.57. The maximum atomic E-state index is 13.8. The van der Waals surface area contributed by atoms with Crippen LogP contribution >= 0.6 is 15.9 Å². The highest BCUT2D eigenvalue weighted by molar-refractivity contribution is 9.10. The Hall–Kier alpha value is -2.15. The SMILES string of the molecule is CN(C)CN1C(=O)C2(NCCc3c2[nH]c2ccccc32)c2cc(Br)ccc21. The molecule has 3 aromatic rings. The molecule has 1 spiro atoms. The summed E-state index contributed by atoms with van der Waals surface area (Å²) < 4.78 is 0.977. The van der Waals surface area contributed by atoms with Gasteiger partial charge < -0.3 is 4.98 Å². The highest BCUT2D eigenvalue weighted by Crippen LogP contribution is 2.48. The molecule has 2 aromatic carbocycles. The Morgan fingerprint density at radius 3 is 2.85 bits per heavy atom. The fourth-order valence-corrected chi connectivity index (χ4v) is 4.91. The van der Waals surface area contributed by atoms with E-state index >= 15 is 0 Å². The standard InChI is InChI=1S/C21H21BrN4O/c1-25(2)12-26-18-8-7-13(22)11-16(18)21(20(26)27)19-15(9-10-23-21)14-5-3-4-6-17(14)24-19/h3-8,11,23-24H,9-10,12H2,1-2H3.